The first-order valence-electron chi connectivity index (χ1n) is 8.47. The van der Waals surface area contributed by atoms with Crippen molar-refractivity contribution in [3.63, 3.8) is 0 Å². The molecule has 2 aromatic rings. The molecule has 0 aliphatic heterocycles. The number of benzene rings is 1. The number of carbonyl (C=O) groups excluding carboxylic acids is 1. The maximum Gasteiger partial charge on any atom is 0.387 e. The summed E-state index contributed by atoms with van der Waals surface area (Å²) in [4.78, 5) is 14.3. The SMILES string of the molecule is CCOc1cc(CN(C)C(=O)C(NC)c2cnn(C)c2)ccc1OC(F)F.Cl. The molecule has 1 amide bonds. The van der Waals surface area contributed by atoms with E-state index in [9.17, 15) is 13.6 Å². The van der Waals surface area contributed by atoms with Gasteiger partial charge in [-0.15, -0.1) is 12.4 Å². The van der Waals surface area contributed by atoms with Gasteiger partial charge >= 0.3 is 6.61 Å². The van der Waals surface area contributed by atoms with Crippen LogP contribution < -0.4 is 14.8 Å². The Bertz CT molecular complexity index is 773. The predicted octanol–water partition coefficient (Wildman–Crippen LogP) is 2.76. The average Bonchev–Trinajstić information content (AvgIpc) is 3.03. The summed E-state index contributed by atoms with van der Waals surface area (Å²) in [5.41, 5.74) is 1.49. The highest BCUT2D eigenvalue weighted by molar-refractivity contribution is 5.85. The Labute approximate surface area is 169 Å². The number of amides is 1. The lowest BCUT2D eigenvalue weighted by Gasteiger charge is -2.23. The molecular formula is C18H25ClF2N4O3. The summed E-state index contributed by atoms with van der Waals surface area (Å²) >= 11 is 0. The van der Waals surface area contributed by atoms with Crippen molar-refractivity contribution < 1.29 is 23.0 Å². The molecule has 1 aromatic carbocycles. The van der Waals surface area contributed by atoms with Crippen molar-refractivity contribution in [2.24, 2.45) is 7.05 Å². The minimum Gasteiger partial charge on any atom is -0.490 e. The van der Waals surface area contributed by atoms with Gasteiger partial charge in [-0.05, 0) is 31.7 Å². The molecule has 0 radical (unpaired) electrons. The largest absolute Gasteiger partial charge is 0.490 e. The van der Waals surface area contributed by atoms with Crippen LogP contribution in [0.1, 0.15) is 24.1 Å². The highest BCUT2D eigenvalue weighted by Crippen LogP contribution is 2.30. The third kappa shape index (κ3) is 6.07. The molecule has 0 aliphatic carbocycles. The Morgan fingerprint density at radius 1 is 1.36 bits per heavy atom. The van der Waals surface area contributed by atoms with Crippen LogP contribution in [0, 0.1) is 0 Å². The van der Waals surface area contributed by atoms with Crippen molar-refractivity contribution in [2.75, 3.05) is 20.7 Å². The van der Waals surface area contributed by atoms with Crippen LogP contribution in [-0.4, -0.2) is 47.9 Å². The summed E-state index contributed by atoms with van der Waals surface area (Å²) in [6.07, 6.45) is 3.41. The standard InChI is InChI=1S/C18H24F2N4O3.ClH/c1-5-26-15-8-12(6-7-14(15)27-18(19)20)10-23(3)17(25)16(21-2)13-9-22-24(4)11-13;/h6-9,11,16,18,21H,5,10H2,1-4H3;1H. The quantitative estimate of drug-likeness (QED) is 0.678. The molecule has 0 spiro atoms. The monoisotopic (exact) mass is 418 g/mol. The molecule has 0 aliphatic rings. The second-order valence-corrected chi connectivity index (χ2v) is 5.96. The minimum atomic E-state index is -2.94. The maximum atomic E-state index is 12.8. The van der Waals surface area contributed by atoms with Crippen LogP contribution in [-0.2, 0) is 18.4 Å². The molecule has 1 aromatic heterocycles. The third-order valence-corrected chi connectivity index (χ3v) is 3.91. The van der Waals surface area contributed by atoms with Crippen molar-refractivity contribution in [2.45, 2.75) is 26.1 Å². The first-order chi connectivity index (χ1) is 12.8. The number of likely N-dealkylation sites (N-methyl/N-ethyl adjacent to an activating group) is 2. The van der Waals surface area contributed by atoms with Crippen LogP contribution in [0.4, 0.5) is 8.78 Å². The Morgan fingerprint density at radius 3 is 2.61 bits per heavy atom. The lowest BCUT2D eigenvalue weighted by Crippen LogP contribution is -2.37. The predicted molar refractivity (Wildman–Crippen MR) is 103 cm³/mol. The number of aryl methyl sites for hydroxylation is 1. The average molecular weight is 419 g/mol. The second kappa shape index (κ2) is 10.8. The van der Waals surface area contributed by atoms with Gasteiger partial charge in [-0.25, -0.2) is 0 Å². The summed E-state index contributed by atoms with van der Waals surface area (Å²) in [6, 6.07) is 4.12. The molecule has 0 saturated carbocycles. The van der Waals surface area contributed by atoms with Crippen molar-refractivity contribution in [3.8, 4) is 11.5 Å². The fourth-order valence-electron chi connectivity index (χ4n) is 2.71. The molecule has 0 bridgehead atoms. The third-order valence-electron chi connectivity index (χ3n) is 3.91. The number of aromatic nitrogens is 2. The van der Waals surface area contributed by atoms with Crippen LogP contribution >= 0.6 is 12.4 Å². The van der Waals surface area contributed by atoms with Crippen molar-refractivity contribution in [1.82, 2.24) is 20.0 Å². The molecule has 2 rings (SSSR count). The number of halogens is 3. The Kier molecular flexibility index (Phi) is 9.14. The van der Waals surface area contributed by atoms with Crippen molar-refractivity contribution in [1.29, 1.82) is 0 Å². The van der Waals surface area contributed by atoms with Gasteiger partial charge in [-0.1, -0.05) is 6.07 Å². The summed E-state index contributed by atoms with van der Waals surface area (Å²) in [6.45, 7) is -0.595. The van der Waals surface area contributed by atoms with E-state index < -0.39 is 12.7 Å². The lowest BCUT2D eigenvalue weighted by molar-refractivity contribution is -0.132. The first kappa shape index (κ1) is 23.6. The van der Waals surface area contributed by atoms with Gasteiger partial charge in [0.25, 0.3) is 0 Å². The molecule has 0 fully saturated rings. The highest BCUT2D eigenvalue weighted by atomic mass is 35.5. The topological polar surface area (TPSA) is 68.6 Å². The van der Waals surface area contributed by atoms with Gasteiger partial charge < -0.3 is 19.7 Å². The van der Waals surface area contributed by atoms with Gasteiger partial charge in [0.2, 0.25) is 5.91 Å². The zero-order valence-electron chi connectivity index (χ0n) is 16.2. The number of alkyl halides is 2. The fraction of sp³-hybridized carbons (Fsp3) is 0.444. The van der Waals surface area contributed by atoms with Crippen LogP contribution in [0.3, 0.4) is 0 Å². The number of hydrogen-bond donors (Lipinski definition) is 1. The molecule has 156 valence electrons. The summed E-state index contributed by atoms with van der Waals surface area (Å²) in [5, 5.41) is 7.08. The summed E-state index contributed by atoms with van der Waals surface area (Å²) in [5.74, 6) is 0.0398. The normalized spacial score (nSPS) is 11.7. The van der Waals surface area contributed by atoms with Gasteiger partial charge in [0.1, 0.15) is 6.04 Å². The smallest absolute Gasteiger partial charge is 0.387 e. The Morgan fingerprint density at radius 2 is 2.07 bits per heavy atom. The van der Waals surface area contributed by atoms with Gasteiger partial charge in [0, 0.05) is 32.4 Å². The molecule has 28 heavy (non-hydrogen) atoms. The van der Waals surface area contributed by atoms with E-state index in [1.54, 1.807) is 62.2 Å². The first-order valence-corrected chi connectivity index (χ1v) is 8.47. The van der Waals surface area contributed by atoms with E-state index in [-0.39, 0.29) is 36.4 Å². The van der Waals surface area contributed by atoms with E-state index in [1.165, 1.54) is 6.07 Å². The number of rotatable bonds is 9. The highest BCUT2D eigenvalue weighted by Gasteiger charge is 2.24. The van der Waals surface area contributed by atoms with Crippen LogP contribution in [0.2, 0.25) is 0 Å². The Hall–Kier alpha value is -2.39. The number of hydrogen-bond acceptors (Lipinski definition) is 5. The Balaban J connectivity index is 0.00000392. The number of nitrogens with zero attached hydrogens (tertiary/aromatic N) is 3. The molecule has 1 atom stereocenters. The van der Waals surface area contributed by atoms with Crippen LogP contribution in [0.5, 0.6) is 11.5 Å². The van der Waals surface area contributed by atoms with Crippen molar-refractivity contribution >= 4 is 18.3 Å². The van der Waals surface area contributed by atoms with E-state index in [0.29, 0.717) is 6.61 Å². The zero-order valence-corrected chi connectivity index (χ0v) is 17.0. The fourth-order valence-corrected chi connectivity index (χ4v) is 2.71. The molecule has 7 nitrogen and oxygen atoms in total. The van der Waals surface area contributed by atoms with Gasteiger partial charge in [0.05, 0.1) is 12.8 Å². The molecule has 1 heterocycles. The van der Waals surface area contributed by atoms with Crippen LogP contribution in [0.15, 0.2) is 30.6 Å². The van der Waals surface area contributed by atoms with Gasteiger partial charge in [-0.2, -0.15) is 13.9 Å². The van der Waals surface area contributed by atoms with Crippen molar-refractivity contribution in [3.05, 3.63) is 41.7 Å². The van der Waals surface area contributed by atoms with E-state index in [2.05, 4.69) is 15.2 Å². The second-order valence-electron chi connectivity index (χ2n) is 5.96. The van der Waals surface area contributed by atoms with Gasteiger partial charge in [0.15, 0.2) is 11.5 Å². The van der Waals surface area contributed by atoms with Gasteiger partial charge in [-0.3, -0.25) is 9.48 Å². The minimum absolute atomic E-state index is 0. The maximum absolute atomic E-state index is 12.8. The zero-order chi connectivity index (χ0) is 20.0. The molecule has 10 heteroatoms. The molecular weight excluding hydrogens is 394 g/mol. The number of carbonyl (C=O) groups is 1. The summed E-state index contributed by atoms with van der Waals surface area (Å²) in [7, 11) is 5.16. The van der Waals surface area contributed by atoms with E-state index >= 15 is 0 Å². The van der Waals surface area contributed by atoms with Crippen LogP contribution in [0.25, 0.3) is 0 Å². The molecule has 1 unspecified atom stereocenters. The van der Waals surface area contributed by atoms with E-state index in [0.717, 1.165) is 11.1 Å². The van der Waals surface area contributed by atoms with E-state index in [4.69, 9.17) is 4.74 Å². The summed E-state index contributed by atoms with van der Waals surface area (Å²) < 4.78 is 36.5. The van der Waals surface area contributed by atoms with E-state index in [1.807, 2.05) is 0 Å². The molecule has 1 N–H and O–H groups in total. The number of nitrogens with one attached hydrogen (secondary N) is 1. The lowest BCUT2D eigenvalue weighted by atomic mass is 10.1. The number of ether oxygens (including phenoxy) is 2. The molecule has 0 saturated heterocycles.